The number of hydrogen-bond donors (Lipinski definition) is 2. The van der Waals surface area contributed by atoms with Gasteiger partial charge in [0.05, 0.1) is 0 Å². The summed E-state index contributed by atoms with van der Waals surface area (Å²) in [6.45, 7) is 8.74. The summed E-state index contributed by atoms with van der Waals surface area (Å²) < 4.78 is 5.41. The van der Waals surface area contributed by atoms with Crippen LogP contribution in [0.2, 0.25) is 5.02 Å². The van der Waals surface area contributed by atoms with Gasteiger partial charge in [0.15, 0.2) is 11.7 Å². The minimum Gasteiger partial charge on any atom is -0.454 e. The van der Waals surface area contributed by atoms with E-state index in [1.54, 1.807) is 12.1 Å². The molecule has 0 aliphatic carbocycles. The van der Waals surface area contributed by atoms with Crippen LogP contribution in [0.25, 0.3) is 0 Å². The quantitative estimate of drug-likeness (QED) is 0.351. The lowest BCUT2D eigenvalue weighted by Gasteiger charge is -2.38. The molecule has 2 heterocycles. The minimum absolute atomic E-state index is 0. The van der Waals surface area contributed by atoms with Crippen LogP contribution in [0, 0.1) is 6.92 Å². The Morgan fingerprint density at radius 3 is 2.59 bits per heavy atom. The Hall–Kier alpha value is -1.94. The van der Waals surface area contributed by atoms with Crippen molar-refractivity contribution >= 4 is 53.1 Å². The van der Waals surface area contributed by atoms with Gasteiger partial charge in [-0.15, -0.1) is 24.0 Å². The smallest absolute Gasteiger partial charge is 0.284 e. The van der Waals surface area contributed by atoms with Gasteiger partial charge < -0.3 is 25.3 Å². The number of guanidine groups is 1. The van der Waals surface area contributed by atoms with E-state index in [1.165, 1.54) is 11.3 Å². The van der Waals surface area contributed by atoms with Crippen molar-refractivity contribution in [1.82, 2.24) is 10.2 Å². The van der Waals surface area contributed by atoms with Crippen LogP contribution in [0.5, 0.6) is 0 Å². The molecule has 1 amide bonds. The molecule has 0 unspecified atom stereocenters. The number of anilines is 1. The predicted octanol–water partition coefficient (Wildman–Crippen LogP) is 3.25. The number of furan rings is 1. The van der Waals surface area contributed by atoms with Crippen molar-refractivity contribution in [1.29, 1.82) is 0 Å². The number of benzene rings is 1. The van der Waals surface area contributed by atoms with Gasteiger partial charge in [-0.05, 0) is 43.7 Å². The highest BCUT2D eigenvalue weighted by molar-refractivity contribution is 14.0. The van der Waals surface area contributed by atoms with Gasteiger partial charge in [0.1, 0.15) is 12.3 Å². The number of primary amides is 1. The molecule has 1 aromatic carbocycles. The Kier molecular flexibility index (Phi) is 8.63. The highest BCUT2D eigenvalue weighted by atomic mass is 127. The van der Waals surface area contributed by atoms with Crippen molar-refractivity contribution < 1.29 is 9.21 Å². The van der Waals surface area contributed by atoms with Gasteiger partial charge in [0, 0.05) is 43.4 Å². The Bertz CT molecular complexity index is 862. The number of nitrogens with one attached hydrogen (secondary N) is 1. The number of piperazine rings is 1. The average Bonchev–Trinajstić information content (AvgIpc) is 3.17. The van der Waals surface area contributed by atoms with Gasteiger partial charge in [0.2, 0.25) is 0 Å². The van der Waals surface area contributed by atoms with Crippen LogP contribution < -0.4 is 16.0 Å². The number of halogens is 2. The Labute approximate surface area is 193 Å². The largest absolute Gasteiger partial charge is 0.454 e. The molecule has 2 aromatic rings. The highest BCUT2D eigenvalue weighted by Crippen LogP contribution is 2.25. The molecular weight excluding hydrogens is 505 g/mol. The van der Waals surface area contributed by atoms with Crippen molar-refractivity contribution in [2.45, 2.75) is 20.4 Å². The molecule has 0 saturated carbocycles. The van der Waals surface area contributed by atoms with Crippen molar-refractivity contribution in [3.05, 3.63) is 52.4 Å². The number of carbonyl (C=O) groups excluding carboxylic acids is 1. The lowest BCUT2D eigenvalue weighted by Crippen LogP contribution is -2.52. The maximum Gasteiger partial charge on any atom is 0.284 e. The van der Waals surface area contributed by atoms with Gasteiger partial charge in [-0.25, -0.2) is 4.99 Å². The van der Waals surface area contributed by atoms with Crippen LogP contribution >= 0.6 is 35.6 Å². The zero-order chi connectivity index (χ0) is 20.1. The fourth-order valence-electron chi connectivity index (χ4n) is 3.26. The van der Waals surface area contributed by atoms with Crippen molar-refractivity contribution in [3.63, 3.8) is 0 Å². The monoisotopic (exact) mass is 531 g/mol. The maximum absolute atomic E-state index is 11.2. The third kappa shape index (κ3) is 6.02. The van der Waals surface area contributed by atoms with Gasteiger partial charge in [0.25, 0.3) is 5.91 Å². The summed E-state index contributed by atoms with van der Waals surface area (Å²) in [5.74, 6) is 1.02. The standard InChI is InChI=1S/C20H26ClN5O2.HI/c1-3-23-20(24-13-16-6-7-18(28-16)19(22)27)26-10-8-25(9-11-26)17-12-15(21)5-4-14(17)2;/h4-7,12H,3,8-11,13H2,1-2H3,(H2,22,27)(H,23,24);1H. The molecule has 7 nitrogen and oxygen atoms in total. The summed E-state index contributed by atoms with van der Waals surface area (Å²) in [5, 5.41) is 4.09. The van der Waals surface area contributed by atoms with Crippen LogP contribution in [0.15, 0.2) is 39.7 Å². The van der Waals surface area contributed by atoms with E-state index in [1.807, 2.05) is 19.1 Å². The molecule has 1 aliphatic heterocycles. The second-order valence-electron chi connectivity index (χ2n) is 6.71. The first-order valence-electron chi connectivity index (χ1n) is 9.40. The third-order valence-electron chi connectivity index (χ3n) is 4.72. The van der Waals surface area contributed by atoms with Crippen molar-refractivity contribution in [2.75, 3.05) is 37.6 Å². The van der Waals surface area contributed by atoms with Crippen LogP contribution in [0.4, 0.5) is 5.69 Å². The Morgan fingerprint density at radius 2 is 1.97 bits per heavy atom. The number of carbonyl (C=O) groups is 1. The topological polar surface area (TPSA) is 87.1 Å². The first-order chi connectivity index (χ1) is 13.5. The number of aliphatic imine (C=N–C) groups is 1. The lowest BCUT2D eigenvalue weighted by atomic mass is 10.1. The number of rotatable bonds is 5. The zero-order valence-corrected chi connectivity index (χ0v) is 19.7. The molecule has 0 bridgehead atoms. The Balaban J connectivity index is 0.00000300. The molecule has 1 saturated heterocycles. The molecule has 0 radical (unpaired) electrons. The van der Waals surface area contributed by atoms with E-state index in [0.29, 0.717) is 12.3 Å². The summed E-state index contributed by atoms with van der Waals surface area (Å²) in [4.78, 5) is 20.4. The molecule has 3 N–H and O–H groups in total. The van der Waals surface area contributed by atoms with E-state index in [4.69, 9.17) is 21.8 Å². The van der Waals surface area contributed by atoms with Gasteiger partial charge in [-0.2, -0.15) is 0 Å². The number of hydrogen-bond acceptors (Lipinski definition) is 4. The highest BCUT2D eigenvalue weighted by Gasteiger charge is 2.21. The molecule has 29 heavy (non-hydrogen) atoms. The van der Waals surface area contributed by atoms with Crippen LogP contribution in [-0.4, -0.2) is 49.5 Å². The molecule has 3 rings (SSSR count). The SMILES string of the molecule is CCNC(=NCc1ccc(C(N)=O)o1)N1CCN(c2cc(Cl)ccc2C)CC1.I. The summed E-state index contributed by atoms with van der Waals surface area (Å²) in [7, 11) is 0. The molecule has 1 fully saturated rings. The van der Waals surface area contributed by atoms with Crippen molar-refractivity contribution in [2.24, 2.45) is 10.7 Å². The van der Waals surface area contributed by atoms with E-state index >= 15 is 0 Å². The number of nitrogens with zero attached hydrogens (tertiary/aromatic N) is 3. The van der Waals surface area contributed by atoms with Gasteiger partial charge >= 0.3 is 0 Å². The molecule has 1 aliphatic rings. The molecule has 158 valence electrons. The Morgan fingerprint density at radius 1 is 1.24 bits per heavy atom. The first kappa shape index (κ1) is 23.3. The normalized spacial score (nSPS) is 14.5. The van der Waals surface area contributed by atoms with Crippen LogP contribution in [0.3, 0.4) is 0 Å². The van der Waals surface area contributed by atoms with E-state index < -0.39 is 5.91 Å². The molecule has 0 atom stereocenters. The van der Waals surface area contributed by atoms with Crippen LogP contribution in [-0.2, 0) is 6.54 Å². The summed E-state index contributed by atoms with van der Waals surface area (Å²) in [5.41, 5.74) is 7.63. The fourth-order valence-corrected chi connectivity index (χ4v) is 3.42. The van der Waals surface area contributed by atoms with Gasteiger partial charge in [-0.1, -0.05) is 17.7 Å². The summed E-state index contributed by atoms with van der Waals surface area (Å²) in [6, 6.07) is 9.31. The molecule has 0 spiro atoms. The zero-order valence-electron chi connectivity index (χ0n) is 16.7. The minimum atomic E-state index is -0.574. The second-order valence-corrected chi connectivity index (χ2v) is 7.14. The fraction of sp³-hybridized carbons (Fsp3) is 0.400. The van der Waals surface area contributed by atoms with E-state index in [0.717, 1.165) is 43.7 Å². The first-order valence-corrected chi connectivity index (χ1v) is 9.78. The average molecular weight is 532 g/mol. The van der Waals surface area contributed by atoms with E-state index in [-0.39, 0.29) is 29.7 Å². The third-order valence-corrected chi connectivity index (χ3v) is 4.95. The van der Waals surface area contributed by atoms with Crippen molar-refractivity contribution in [3.8, 4) is 0 Å². The second kappa shape index (κ2) is 10.7. The molecular formula is C20H27ClIN5O2. The van der Waals surface area contributed by atoms with Gasteiger partial charge in [-0.3, -0.25) is 4.79 Å². The van der Waals surface area contributed by atoms with E-state index in [2.05, 4.69) is 33.1 Å². The number of amides is 1. The predicted molar refractivity (Wildman–Crippen MR) is 127 cm³/mol. The summed E-state index contributed by atoms with van der Waals surface area (Å²) >= 11 is 6.17. The summed E-state index contributed by atoms with van der Waals surface area (Å²) in [6.07, 6.45) is 0. The maximum atomic E-state index is 11.2. The lowest BCUT2D eigenvalue weighted by molar-refractivity contribution is 0.0972. The number of nitrogens with two attached hydrogens (primary N) is 1. The number of aryl methyl sites for hydroxylation is 1. The van der Waals surface area contributed by atoms with Crippen LogP contribution in [0.1, 0.15) is 28.8 Å². The van der Waals surface area contributed by atoms with E-state index in [9.17, 15) is 4.79 Å². The molecule has 1 aromatic heterocycles. The molecule has 9 heteroatoms.